The van der Waals surface area contributed by atoms with Crippen molar-refractivity contribution in [3.05, 3.63) is 33.3 Å². The highest BCUT2D eigenvalue weighted by atomic mass is 79.9. The molecule has 0 amide bonds. The number of aliphatic hydroxyl groups excluding tert-OH is 1. The quantitative estimate of drug-likeness (QED) is 0.709. The second-order valence-electron chi connectivity index (χ2n) is 5.62. The summed E-state index contributed by atoms with van der Waals surface area (Å²) in [6.07, 6.45) is 1.32. The first-order valence-corrected chi connectivity index (χ1v) is 8.61. The molecule has 0 saturated heterocycles. The molecule has 0 aliphatic carbocycles. The average molecular weight is 378 g/mol. The van der Waals surface area contributed by atoms with Gasteiger partial charge in [0.25, 0.3) is 0 Å². The second kappa shape index (κ2) is 9.80. The predicted octanol–water partition coefficient (Wildman–Crippen LogP) is 3.80. The summed E-state index contributed by atoms with van der Waals surface area (Å²) in [7, 11) is 4.17. The number of aliphatic hydroxyl groups is 1. The average Bonchev–Trinajstić information content (AvgIpc) is 2.41. The summed E-state index contributed by atoms with van der Waals surface area (Å²) >= 11 is 9.58. The zero-order chi connectivity index (χ0) is 15.8. The van der Waals surface area contributed by atoms with Gasteiger partial charge in [-0.3, -0.25) is 0 Å². The summed E-state index contributed by atoms with van der Waals surface area (Å²) in [4.78, 5) is 4.58. The maximum Gasteiger partial charge on any atom is 0.0816 e. The first kappa shape index (κ1) is 18.9. The molecule has 0 aliphatic rings. The van der Waals surface area contributed by atoms with Crippen molar-refractivity contribution in [1.82, 2.24) is 9.80 Å². The minimum Gasteiger partial charge on any atom is -0.388 e. The van der Waals surface area contributed by atoms with E-state index in [1.54, 1.807) is 0 Å². The fraction of sp³-hybridized carbons (Fsp3) is 0.625. The molecule has 0 fully saturated rings. The largest absolute Gasteiger partial charge is 0.388 e. The Kier molecular flexibility index (Phi) is 8.83. The summed E-state index contributed by atoms with van der Waals surface area (Å²) in [5, 5.41) is 11.0. The first-order chi connectivity index (χ1) is 9.93. The Morgan fingerprint density at radius 3 is 2.48 bits per heavy atom. The fourth-order valence-corrected chi connectivity index (χ4v) is 3.02. The normalized spacial score (nSPS) is 13.1. The molecule has 1 N–H and O–H groups in total. The van der Waals surface area contributed by atoms with Crippen molar-refractivity contribution in [2.24, 2.45) is 0 Å². The van der Waals surface area contributed by atoms with Crippen LogP contribution in [-0.4, -0.2) is 55.2 Å². The molecule has 0 saturated carbocycles. The van der Waals surface area contributed by atoms with Crippen LogP contribution in [0, 0.1) is 0 Å². The van der Waals surface area contributed by atoms with E-state index < -0.39 is 6.10 Å². The molecule has 5 heteroatoms. The van der Waals surface area contributed by atoms with Crippen LogP contribution in [0.5, 0.6) is 0 Å². The maximum atomic E-state index is 10.3. The summed E-state index contributed by atoms with van der Waals surface area (Å²) in [5.41, 5.74) is 0.809. The Morgan fingerprint density at radius 1 is 1.19 bits per heavy atom. The third-order valence-corrected chi connectivity index (χ3v) is 4.26. The zero-order valence-corrected chi connectivity index (χ0v) is 15.5. The van der Waals surface area contributed by atoms with Crippen LogP contribution in [0.4, 0.5) is 0 Å². The van der Waals surface area contributed by atoms with Gasteiger partial charge in [-0.25, -0.2) is 0 Å². The Balaban J connectivity index is 2.53. The van der Waals surface area contributed by atoms with E-state index in [2.05, 4.69) is 46.7 Å². The third kappa shape index (κ3) is 7.11. The lowest BCUT2D eigenvalue weighted by Crippen LogP contribution is -2.33. The van der Waals surface area contributed by atoms with Gasteiger partial charge in [0.15, 0.2) is 0 Å². The van der Waals surface area contributed by atoms with E-state index >= 15 is 0 Å². The van der Waals surface area contributed by atoms with Gasteiger partial charge in [0.2, 0.25) is 0 Å². The van der Waals surface area contributed by atoms with Gasteiger partial charge >= 0.3 is 0 Å². The molecule has 120 valence electrons. The summed E-state index contributed by atoms with van der Waals surface area (Å²) in [6, 6.07) is 5.64. The SMILES string of the molecule is CCCN(CCC(O)c1ccc(Br)cc1Cl)CCN(C)C. The molecule has 0 heterocycles. The molecule has 1 aromatic rings. The molecule has 0 aromatic heterocycles. The molecular formula is C16H26BrClN2O. The van der Waals surface area contributed by atoms with Crippen LogP contribution in [0.1, 0.15) is 31.4 Å². The highest BCUT2D eigenvalue weighted by molar-refractivity contribution is 9.10. The predicted molar refractivity (Wildman–Crippen MR) is 94.0 cm³/mol. The topological polar surface area (TPSA) is 26.7 Å². The van der Waals surface area contributed by atoms with Crippen LogP contribution < -0.4 is 0 Å². The lowest BCUT2D eigenvalue weighted by atomic mass is 10.1. The lowest BCUT2D eigenvalue weighted by molar-refractivity contribution is 0.138. The van der Waals surface area contributed by atoms with Crippen LogP contribution in [0.15, 0.2) is 22.7 Å². The number of halogens is 2. The molecular weight excluding hydrogens is 352 g/mol. The standard InChI is InChI=1S/C16H26BrClN2O/c1-4-8-20(11-10-19(2)3)9-7-16(21)14-6-5-13(17)12-15(14)18/h5-6,12,16,21H,4,7-11H2,1-3H3. The maximum absolute atomic E-state index is 10.3. The molecule has 21 heavy (non-hydrogen) atoms. The Hall–Kier alpha value is -0.130. The van der Waals surface area contributed by atoms with E-state index in [-0.39, 0.29) is 0 Å². The van der Waals surface area contributed by atoms with Crippen molar-refractivity contribution >= 4 is 27.5 Å². The number of nitrogens with zero attached hydrogens (tertiary/aromatic N) is 2. The van der Waals surface area contributed by atoms with Gasteiger partial charge in [-0.05, 0) is 51.2 Å². The van der Waals surface area contributed by atoms with Crippen LogP contribution in [0.3, 0.4) is 0 Å². The third-order valence-electron chi connectivity index (χ3n) is 3.44. The first-order valence-electron chi connectivity index (χ1n) is 7.44. The molecule has 0 radical (unpaired) electrons. The van der Waals surface area contributed by atoms with Gasteiger partial charge < -0.3 is 14.9 Å². The van der Waals surface area contributed by atoms with E-state index in [1.165, 1.54) is 0 Å². The van der Waals surface area contributed by atoms with Crippen molar-refractivity contribution < 1.29 is 5.11 Å². The number of hydrogen-bond acceptors (Lipinski definition) is 3. The van der Waals surface area contributed by atoms with Crippen molar-refractivity contribution in [3.8, 4) is 0 Å². The smallest absolute Gasteiger partial charge is 0.0816 e. The van der Waals surface area contributed by atoms with Crippen LogP contribution in [-0.2, 0) is 0 Å². The summed E-state index contributed by atoms with van der Waals surface area (Å²) in [5.74, 6) is 0. The van der Waals surface area contributed by atoms with Gasteiger partial charge in [-0.2, -0.15) is 0 Å². The van der Waals surface area contributed by atoms with Crippen molar-refractivity contribution in [3.63, 3.8) is 0 Å². The van der Waals surface area contributed by atoms with E-state index in [9.17, 15) is 5.11 Å². The van der Waals surface area contributed by atoms with Gasteiger partial charge in [-0.15, -0.1) is 0 Å². The van der Waals surface area contributed by atoms with Crippen LogP contribution >= 0.6 is 27.5 Å². The second-order valence-corrected chi connectivity index (χ2v) is 6.94. The molecule has 1 rings (SSSR count). The summed E-state index contributed by atoms with van der Waals surface area (Å²) < 4.78 is 0.932. The molecule has 0 aliphatic heterocycles. The monoisotopic (exact) mass is 376 g/mol. The molecule has 1 unspecified atom stereocenters. The van der Waals surface area contributed by atoms with Crippen molar-refractivity contribution in [2.75, 3.05) is 40.3 Å². The van der Waals surface area contributed by atoms with Gasteiger partial charge in [0, 0.05) is 29.1 Å². The van der Waals surface area contributed by atoms with Crippen molar-refractivity contribution in [2.45, 2.75) is 25.9 Å². The Labute approximate surface area is 142 Å². The molecule has 0 bridgehead atoms. The van der Waals surface area contributed by atoms with Crippen molar-refractivity contribution in [1.29, 1.82) is 0 Å². The Bertz CT molecular complexity index is 429. The molecule has 1 atom stereocenters. The molecule has 3 nitrogen and oxygen atoms in total. The zero-order valence-electron chi connectivity index (χ0n) is 13.1. The van der Waals surface area contributed by atoms with E-state index in [0.29, 0.717) is 11.4 Å². The Morgan fingerprint density at radius 2 is 1.90 bits per heavy atom. The fourth-order valence-electron chi connectivity index (χ4n) is 2.23. The van der Waals surface area contributed by atoms with Gasteiger partial charge in [0.1, 0.15) is 0 Å². The highest BCUT2D eigenvalue weighted by Gasteiger charge is 2.14. The van der Waals surface area contributed by atoms with E-state index in [0.717, 1.165) is 42.6 Å². The molecule has 0 spiro atoms. The van der Waals surface area contributed by atoms with Gasteiger partial charge in [0.05, 0.1) is 6.10 Å². The minimum atomic E-state index is -0.510. The number of likely N-dealkylation sites (N-methyl/N-ethyl adjacent to an activating group) is 1. The van der Waals surface area contributed by atoms with E-state index in [4.69, 9.17) is 11.6 Å². The minimum absolute atomic E-state index is 0.510. The number of benzene rings is 1. The lowest BCUT2D eigenvalue weighted by Gasteiger charge is -2.25. The number of rotatable bonds is 9. The van der Waals surface area contributed by atoms with E-state index in [1.807, 2.05) is 18.2 Å². The summed E-state index contributed by atoms with van der Waals surface area (Å²) in [6.45, 7) is 6.20. The van der Waals surface area contributed by atoms with Crippen LogP contribution in [0.2, 0.25) is 5.02 Å². The van der Waals surface area contributed by atoms with Crippen LogP contribution in [0.25, 0.3) is 0 Å². The van der Waals surface area contributed by atoms with Gasteiger partial charge in [-0.1, -0.05) is 40.5 Å². The molecule has 1 aromatic carbocycles. The highest BCUT2D eigenvalue weighted by Crippen LogP contribution is 2.28. The number of hydrogen-bond donors (Lipinski definition) is 1.